The number of ether oxygens (including phenoxy) is 2. The van der Waals surface area contributed by atoms with E-state index in [9.17, 15) is 13.2 Å². The Bertz CT molecular complexity index is 982. The van der Waals surface area contributed by atoms with Crippen LogP contribution in [0.2, 0.25) is 0 Å². The molecule has 3 aromatic rings. The van der Waals surface area contributed by atoms with Crippen LogP contribution >= 0.6 is 0 Å². The third-order valence-corrected chi connectivity index (χ3v) is 4.21. The summed E-state index contributed by atoms with van der Waals surface area (Å²) in [5, 5.41) is 0. The summed E-state index contributed by atoms with van der Waals surface area (Å²) in [6.07, 6.45) is 1.24. The van der Waals surface area contributed by atoms with Crippen molar-refractivity contribution in [3.05, 3.63) is 89.8 Å². The van der Waals surface area contributed by atoms with Gasteiger partial charge in [0.25, 0.3) is 0 Å². The molecule has 0 bridgehead atoms. The zero-order valence-corrected chi connectivity index (χ0v) is 15.3. The van der Waals surface area contributed by atoms with Gasteiger partial charge in [-0.2, -0.15) is 4.39 Å². The number of hydrogen-bond donors (Lipinski definition) is 0. The minimum Gasteiger partial charge on any atom is -0.491 e. The number of rotatable bonds is 7. The lowest BCUT2D eigenvalue weighted by Crippen LogP contribution is -2.00. The maximum Gasteiger partial charge on any atom is 0.201 e. The molecule has 0 fully saturated rings. The SMILES string of the molecule is C=Cc1ccc(OCc2ccc(-c3ccc(OCC)c(F)c3)cc2)c(F)c1F. The predicted octanol–water partition coefficient (Wildman–Crippen LogP) is 6.39. The molecule has 28 heavy (non-hydrogen) atoms. The molecular weight excluding hydrogens is 365 g/mol. The molecule has 0 aliphatic heterocycles. The summed E-state index contributed by atoms with van der Waals surface area (Å²) in [5.74, 6) is -2.40. The van der Waals surface area contributed by atoms with Crippen molar-refractivity contribution in [3.8, 4) is 22.6 Å². The van der Waals surface area contributed by atoms with E-state index in [0.29, 0.717) is 12.2 Å². The van der Waals surface area contributed by atoms with E-state index in [1.54, 1.807) is 31.2 Å². The van der Waals surface area contributed by atoms with Gasteiger partial charge in [-0.1, -0.05) is 43.0 Å². The van der Waals surface area contributed by atoms with Crippen LogP contribution in [0.15, 0.2) is 61.2 Å². The summed E-state index contributed by atoms with van der Waals surface area (Å²) in [6, 6.07) is 14.8. The lowest BCUT2D eigenvalue weighted by Gasteiger charge is -2.10. The summed E-state index contributed by atoms with van der Waals surface area (Å²) in [7, 11) is 0. The van der Waals surface area contributed by atoms with Crippen LogP contribution in [-0.2, 0) is 6.61 Å². The van der Waals surface area contributed by atoms with Gasteiger partial charge in [-0.15, -0.1) is 0 Å². The summed E-state index contributed by atoms with van der Waals surface area (Å²) in [4.78, 5) is 0. The molecule has 0 spiro atoms. The minimum absolute atomic E-state index is 0.0711. The molecule has 5 heteroatoms. The second-order valence-electron chi connectivity index (χ2n) is 6.05. The van der Waals surface area contributed by atoms with Crippen LogP contribution in [0.4, 0.5) is 13.2 Å². The van der Waals surface area contributed by atoms with Crippen LogP contribution in [0.5, 0.6) is 11.5 Å². The maximum atomic E-state index is 14.0. The van der Waals surface area contributed by atoms with E-state index in [1.807, 2.05) is 12.1 Å². The first kappa shape index (κ1) is 19.5. The van der Waals surface area contributed by atoms with E-state index in [1.165, 1.54) is 24.3 Å². The molecule has 2 nitrogen and oxygen atoms in total. The molecule has 0 aliphatic rings. The van der Waals surface area contributed by atoms with Gasteiger partial charge in [0, 0.05) is 5.56 Å². The largest absolute Gasteiger partial charge is 0.491 e. The van der Waals surface area contributed by atoms with Gasteiger partial charge in [0.2, 0.25) is 5.82 Å². The van der Waals surface area contributed by atoms with Crippen molar-refractivity contribution in [2.45, 2.75) is 13.5 Å². The van der Waals surface area contributed by atoms with Crippen molar-refractivity contribution in [2.75, 3.05) is 6.61 Å². The van der Waals surface area contributed by atoms with Crippen LogP contribution in [0.3, 0.4) is 0 Å². The van der Waals surface area contributed by atoms with Crippen molar-refractivity contribution in [1.82, 2.24) is 0 Å². The molecule has 0 amide bonds. The van der Waals surface area contributed by atoms with Gasteiger partial charge in [-0.05, 0) is 47.9 Å². The summed E-state index contributed by atoms with van der Waals surface area (Å²) >= 11 is 0. The molecule has 0 saturated heterocycles. The van der Waals surface area contributed by atoms with Crippen LogP contribution in [0.1, 0.15) is 18.1 Å². The second-order valence-corrected chi connectivity index (χ2v) is 6.05. The van der Waals surface area contributed by atoms with Crippen LogP contribution in [-0.4, -0.2) is 6.61 Å². The highest BCUT2D eigenvalue weighted by atomic mass is 19.2. The van der Waals surface area contributed by atoms with E-state index in [-0.39, 0.29) is 23.7 Å². The molecule has 0 saturated carbocycles. The van der Waals surface area contributed by atoms with E-state index in [2.05, 4.69) is 6.58 Å². The summed E-state index contributed by atoms with van der Waals surface area (Å²) < 4.78 is 52.3. The molecule has 3 aromatic carbocycles. The monoisotopic (exact) mass is 384 g/mol. The average Bonchev–Trinajstić information content (AvgIpc) is 2.71. The maximum absolute atomic E-state index is 14.0. The smallest absolute Gasteiger partial charge is 0.201 e. The first-order chi connectivity index (χ1) is 13.5. The Kier molecular flexibility index (Phi) is 6.04. The third kappa shape index (κ3) is 4.19. The van der Waals surface area contributed by atoms with Gasteiger partial charge in [-0.25, -0.2) is 8.78 Å². The zero-order valence-electron chi connectivity index (χ0n) is 15.3. The van der Waals surface area contributed by atoms with Gasteiger partial charge < -0.3 is 9.47 Å². The Balaban J connectivity index is 1.71. The van der Waals surface area contributed by atoms with Crippen molar-refractivity contribution in [3.63, 3.8) is 0 Å². The number of hydrogen-bond acceptors (Lipinski definition) is 2. The lowest BCUT2D eigenvalue weighted by atomic mass is 10.0. The van der Waals surface area contributed by atoms with Gasteiger partial charge in [0.1, 0.15) is 6.61 Å². The van der Waals surface area contributed by atoms with Crippen LogP contribution in [0, 0.1) is 17.5 Å². The Morgan fingerprint density at radius 1 is 0.821 bits per heavy atom. The average molecular weight is 384 g/mol. The van der Waals surface area contributed by atoms with Crippen molar-refractivity contribution in [1.29, 1.82) is 0 Å². The van der Waals surface area contributed by atoms with Gasteiger partial charge in [0.05, 0.1) is 6.61 Å². The van der Waals surface area contributed by atoms with Crippen LogP contribution < -0.4 is 9.47 Å². The van der Waals surface area contributed by atoms with Crippen molar-refractivity contribution in [2.24, 2.45) is 0 Å². The van der Waals surface area contributed by atoms with E-state index in [0.717, 1.165) is 11.1 Å². The summed E-state index contributed by atoms with van der Waals surface area (Å²) in [5.41, 5.74) is 2.37. The van der Waals surface area contributed by atoms with Gasteiger partial charge in [0.15, 0.2) is 23.1 Å². The first-order valence-electron chi connectivity index (χ1n) is 8.78. The standard InChI is InChI=1S/C23H19F3O2/c1-3-16-9-12-21(23(26)22(16)25)28-14-15-5-7-17(8-6-15)18-10-11-20(27-4-2)19(24)13-18/h3,5-13H,1,4,14H2,2H3. The Morgan fingerprint density at radius 3 is 2.14 bits per heavy atom. The van der Waals surface area contributed by atoms with Gasteiger partial charge >= 0.3 is 0 Å². The quantitative estimate of drug-likeness (QED) is 0.470. The molecule has 0 aliphatic carbocycles. The highest BCUT2D eigenvalue weighted by Gasteiger charge is 2.13. The fourth-order valence-electron chi connectivity index (χ4n) is 2.72. The Labute approximate surface area is 161 Å². The van der Waals surface area contributed by atoms with E-state index < -0.39 is 17.5 Å². The molecule has 144 valence electrons. The predicted molar refractivity (Wildman–Crippen MR) is 104 cm³/mol. The third-order valence-electron chi connectivity index (χ3n) is 4.21. The van der Waals surface area contributed by atoms with Crippen molar-refractivity contribution < 1.29 is 22.6 Å². The molecule has 0 atom stereocenters. The minimum atomic E-state index is -1.04. The van der Waals surface area contributed by atoms with Crippen LogP contribution in [0.25, 0.3) is 17.2 Å². The highest BCUT2D eigenvalue weighted by molar-refractivity contribution is 5.64. The molecule has 0 N–H and O–H groups in total. The molecule has 0 aromatic heterocycles. The normalized spacial score (nSPS) is 10.6. The highest BCUT2D eigenvalue weighted by Crippen LogP contribution is 2.27. The van der Waals surface area contributed by atoms with Gasteiger partial charge in [-0.3, -0.25) is 0 Å². The first-order valence-corrected chi connectivity index (χ1v) is 8.78. The molecule has 0 heterocycles. The molecule has 0 radical (unpaired) electrons. The number of halogens is 3. The molecule has 0 unspecified atom stereocenters. The topological polar surface area (TPSA) is 18.5 Å². The second kappa shape index (κ2) is 8.65. The molecule has 3 rings (SSSR count). The van der Waals surface area contributed by atoms with Crippen molar-refractivity contribution >= 4 is 6.08 Å². The number of benzene rings is 3. The molecular formula is C23H19F3O2. The lowest BCUT2D eigenvalue weighted by molar-refractivity contribution is 0.284. The van der Waals surface area contributed by atoms with E-state index >= 15 is 0 Å². The fraction of sp³-hybridized carbons (Fsp3) is 0.130. The summed E-state index contributed by atoms with van der Waals surface area (Å²) in [6.45, 7) is 5.69. The Hall–Kier alpha value is -3.21. The zero-order chi connectivity index (χ0) is 20.1. The van der Waals surface area contributed by atoms with E-state index in [4.69, 9.17) is 9.47 Å². The fourth-order valence-corrected chi connectivity index (χ4v) is 2.72. The Morgan fingerprint density at radius 2 is 1.50 bits per heavy atom.